The quantitative estimate of drug-likeness (QED) is 0.893. The van der Waals surface area contributed by atoms with Crippen LogP contribution in [0, 0.1) is 20.8 Å². The molecule has 0 aromatic heterocycles. The molecule has 0 bridgehead atoms. The summed E-state index contributed by atoms with van der Waals surface area (Å²) in [4.78, 5) is 11.3. The molecule has 0 heterocycles. The van der Waals surface area contributed by atoms with Gasteiger partial charge in [-0.2, -0.15) is 0 Å². The number of primary amides is 1. The van der Waals surface area contributed by atoms with Crippen molar-refractivity contribution in [2.24, 2.45) is 5.73 Å². The molecule has 3 N–H and O–H groups in total. The van der Waals surface area contributed by atoms with Gasteiger partial charge >= 0.3 is 0 Å². The zero-order valence-electron chi connectivity index (χ0n) is 12.2. The van der Waals surface area contributed by atoms with Gasteiger partial charge in [0.15, 0.2) is 0 Å². The predicted octanol–water partition coefficient (Wildman–Crippen LogP) is 3.32. The molecular formula is C17H20N2O. The standard InChI is InChI=1S/C17H20N2O/c1-11-7-8-14(9-12(11)2)10-19-16-6-4-5-15(13(16)3)17(18)20/h4-9,19H,10H2,1-3H3,(H2,18,20). The first kappa shape index (κ1) is 14.1. The van der Waals surface area contributed by atoms with E-state index in [9.17, 15) is 4.79 Å². The van der Waals surface area contributed by atoms with E-state index in [4.69, 9.17) is 5.73 Å². The van der Waals surface area contributed by atoms with E-state index >= 15 is 0 Å². The molecule has 3 nitrogen and oxygen atoms in total. The van der Waals surface area contributed by atoms with E-state index in [0.29, 0.717) is 5.56 Å². The fourth-order valence-corrected chi connectivity index (χ4v) is 2.20. The Hall–Kier alpha value is -2.29. The van der Waals surface area contributed by atoms with Crippen LogP contribution >= 0.6 is 0 Å². The number of hydrogen-bond acceptors (Lipinski definition) is 2. The Kier molecular flexibility index (Phi) is 4.08. The normalized spacial score (nSPS) is 10.3. The summed E-state index contributed by atoms with van der Waals surface area (Å²) >= 11 is 0. The van der Waals surface area contributed by atoms with E-state index in [2.05, 4.69) is 37.4 Å². The molecule has 0 aliphatic carbocycles. The second-order valence-electron chi connectivity index (χ2n) is 5.11. The van der Waals surface area contributed by atoms with Crippen molar-refractivity contribution in [3.8, 4) is 0 Å². The molecule has 3 heteroatoms. The van der Waals surface area contributed by atoms with Gasteiger partial charge in [0, 0.05) is 17.8 Å². The molecule has 0 radical (unpaired) electrons. The van der Waals surface area contributed by atoms with Crippen molar-refractivity contribution >= 4 is 11.6 Å². The topological polar surface area (TPSA) is 55.1 Å². The number of nitrogens with two attached hydrogens (primary N) is 1. The molecular weight excluding hydrogens is 248 g/mol. The monoisotopic (exact) mass is 268 g/mol. The number of nitrogens with one attached hydrogen (secondary N) is 1. The summed E-state index contributed by atoms with van der Waals surface area (Å²) in [6, 6.07) is 12.0. The number of rotatable bonds is 4. The van der Waals surface area contributed by atoms with Gasteiger partial charge in [0.2, 0.25) is 5.91 Å². The summed E-state index contributed by atoms with van der Waals surface area (Å²) in [7, 11) is 0. The van der Waals surface area contributed by atoms with Crippen LogP contribution in [0.3, 0.4) is 0 Å². The van der Waals surface area contributed by atoms with Gasteiger partial charge in [0.1, 0.15) is 0 Å². The first-order valence-electron chi connectivity index (χ1n) is 6.68. The number of amides is 1. The van der Waals surface area contributed by atoms with Gasteiger partial charge in [0.05, 0.1) is 0 Å². The SMILES string of the molecule is Cc1ccc(CNc2cccc(C(N)=O)c2C)cc1C. The fraction of sp³-hybridized carbons (Fsp3) is 0.235. The van der Waals surface area contributed by atoms with Crippen molar-refractivity contribution in [2.75, 3.05) is 5.32 Å². The van der Waals surface area contributed by atoms with Gasteiger partial charge in [-0.3, -0.25) is 4.79 Å². The Morgan fingerprint density at radius 3 is 2.50 bits per heavy atom. The van der Waals surface area contributed by atoms with Gasteiger partial charge in [0.25, 0.3) is 0 Å². The molecule has 0 atom stereocenters. The average molecular weight is 268 g/mol. The summed E-state index contributed by atoms with van der Waals surface area (Å²) in [6.45, 7) is 6.85. The first-order valence-corrected chi connectivity index (χ1v) is 6.68. The highest BCUT2D eigenvalue weighted by Crippen LogP contribution is 2.20. The number of carbonyl (C=O) groups is 1. The summed E-state index contributed by atoms with van der Waals surface area (Å²) in [6.07, 6.45) is 0. The lowest BCUT2D eigenvalue weighted by molar-refractivity contribution is 0.1000. The van der Waals surface area contributed by atoms with Crippen molar-refractivity contribution in [1.29, 1.82) is 0 Å². The minimum atomic E-state index is -0.391. The summed E-state index contributed by atoms with van der Waals surface area (Å²) in [5.74, 6) is -0.391. The average Bonchev–Trinajstić information content (AvgIpc) is 2.41. The van der Waals surface area contributed by atoms with E-state index in [1.165, 1.54) is 16.7 Å². The lowest BCUT2D eigenvalue weighted by Crippen LogP contribution is -2.13. The highest BCUT2D eigenvalue weighted by atomic mass is 16.1. The molecule has 0 spiro atoms. The van der Waals surface area contributed by atoms with Crippen LogP contribution < -0.4 is 11.1 Å². The number of anilines is 1. The minimum absolute atomic E-state index is 0.391. The Balaban J connectivity index is 2.17. The third kappa shape index (κ3) is 2.99. The largest absolute Gasteiger partial charge is 0.381 e. The van der Waals surface area contributed by atoms with Gasteiger partial charge < -0.3 is 11.1 Å². The van der Waals surface area contributed by atoms with Crippen LogP contribution in [-0.2, 0) is 6.54 Å². The van der Waals surface area contributed by atoms with E-state index in [-0.39, 0.29) is 0 Å². The fourth-order valence-electron chi connectivity index (χ4n) is 2.20. The molecule has 20 heavy (non-hydrogen) atoms. The molecule has 1 amide bonds. The van der Waals surface area contributed by atoms with Gasteiger partial charge in [-0.1, -0.05) is 24.3 Å². The Labute approximate surface area is 119 Å². The molecule has 0 saturated heterocycles. The van der Waals surface area contributed by atoms with E-state index in [0.717, 1.165) is 17.8 Å². The summed E-state index contributed by atoms with van der Waals surface area (Å²) < 4.78 is 0. The first-order chi connectivity index (χ1) is 9.49. The van der Waals surface area contributed by atoms with E-state index in [1.807, 2.05) is 19.1 Å². The Morgan fingerprint density at radius 2 is 1.85 bits per heavy atom. The number of hydrogen-bond donors (Lipinski definition) is 2. The maximum absolute atomic E-state index is 11.3. The van der Waals surface area contributed by atoms with Crippen LogP contribution in [0.4, 0.5) is 5.69 Å². The van der Waals surface area contributed by atoms with Crippen molar-refractivity contribution in [3.63, 3.8) is 0 Å². The molecule has 2 aromatic rings. The maximum atomic E-state index is 11.3. The van der Waals surface area contributed by atoms with Crippen LogP contribution in [0.15, 0.2) is 36.4 Å². The summed E-state index contributed by atoms with van der Waals surface area (Å²) in [5, 5.41) is 3.36. The Bertz CT molecular complexity index is 647. The smallest absolute Gasteiger partial charge is 0.249 e. The van der Waals surface area contributed by atoms with Crippen molar-refractivity contribution in [2.45, 2.75) is 27.3 Å². The molecule has 0 saturated carbocycles. The second-order valence-corrected chi connectivity index (χ2v) is 5.11. The van der Waals surface area contributed by atoms with Crippen molar-refractivity contribution < 1.29 is 4.79 Å². The van der Waals surface area contributed by atoms with Crippen LogP contribution in [0.1, 0.15) is 32.6 Å². The molecule has 0 fully saturated rings. The minimum Gasteiger partial charge on any atom is -0.381 e. The van der Waals surface area contributed by atoms with Crippen molar-refractivity contribution in [3.05, 3.63) is 64.2 Å². The van der Waals surface area contributed by atoms with E-state index in [1.54, 1.807) is 6.07 Å². The lowest BCUT2D eigenvalue weighted by Gasteiger charge is -2.12. The van der Waals surface area contributed by atoms with Crippen LogP contribution in [0.5, 0.6) is 0 Å². The van der Waals surface area contributed by atoms with Gasteiger partial charge in [-0.15, -0.1) is 0 Å². The second kappa shape index (κ2) is 5.78. The Morgan fingerprint density at radius 1 is 1.10 bits per heavy atom. The summed E-state index contributed by atoms with van der Waals surface area (Å²) in [5.41, 5.74) is 11.6. The zero-order chi connectivity index (χ0) is 14.7. The van der Waals surface area contributed by atoms with Crippen LogP contribution in [-0.4, -0.2) is 5.91 Å². The van der Waals surface area contributed by atoms with Gasteiger partial charge in [-0.05, 0) is 55.2 Å². The highest BCUT2D eigenvalue weighted by Gasteiger charge is 2.08. The molecule has 2 aromatic carbocycles. The molecule has 2 rings (SSSR count). The molecule has 0 unspecified atom stereocenters. The third-order valence-electron chi connectivity index (χ3n) is 3.65. The highest BCUT2D eigenvalue weighted by molar-refractivity contribution is 5.95. The number of benzene rings is 2. The molecule has 0 aliphatic rings. The lowest BCUT2D eigenvalue weighted by atomic mass is 10.0. The van der Waals surface area contributed by atoms with Crippen molar-refractivity contribution in [1.82, 2.24) is 0 Å². The predicted molar refractivity (Wildman–Crippen MR) is 82.9 cm³/mol. The molecule has 104 valence electrons. The number of carbonyl (C=O) groups excluding carboxylic acids is 1. The number of aryl methyl sites for hydroxylation is 2. The maximum Gasteiger partial charge on any atom is 0.249 e. The van der Waals surface area contributed by atoms with Gasteiger partial charge in [-0.25, -0.2) is 0 Å². The van der Waals surface area contributed by atoms with E-state index < -0.39 is 5.91 Å². The van der Waals surface area contributed by atoms with Crippen LogP contribution in [0.25, 0.3) is 0 Å². The zero-order valence-corrected chi connectivity index (χ0v) is 12.2. The third-order valence-corrected chi connectivity index (χ3v) is 3.65. The van der Waals surface area contributed by atoms with Crippen LogP contribution in [0.2, 0.25) is 0 Å². The molecule has 0 aliphatic heterocycles.